The fourth-order valence-electron chi connectivity index (χ4n) is 4.51. The number of pyridine rings is 1. The molecule has 0 amide bonds. The van der Waals surface area contributed by atoms with E-state index in [2.05, 4.69) is 25.4 Å². The molecule has 0 spiro atoms. The first kappa shape index (κ1) is 25.4. The Bertz CT molecular complexity index is 1520. The Labute approximate surface area is 210 Å². The smallest absolute Gasteiger partial charge is 0.417 e. The lowest BCUT2D eigenvalue weighted by molar-refractivity contribution is -0.265. The predicted molar refractivity (Wildman–Crippen MR) is 123 cm³/mol. The van der Waals surface area contributed by atoms with Crippen LogP contribution >= 0.6 is 0 Å². The third-order valence-corrected chi connectivity index (χ3v) is 6.35. The van der Waals surface area contributed by atoms with Crippen LogP contribution in [0.5, 0.6) is 5.75 Å². The second-order valence-electron chi connectivity index (χ2n) is 8.85. The van der Waals surface area contributed by atoms with Crippen molar-refractivity contribution in [3.05, 3.63) is 59.2 Å². The number of nitrogens with one attached hydrogen (secondary N) is 3. The van der Waals surface area contributed by atoms with Gasteiger partial charge in [-0.2, -0.15) is 17.6 Å². The summed E-state index contributed by atoms with van der Waals surface area (Å²) >= 11 is 0. The first-order chi connectivity index (χ1) is 17.9. The van der Waals surface area contributed by atoms with Gasteiger partial charge in [0.2, 0.25) is 11.7 Å². The number of rotatable bonds is 6. The SMILES string of the molecule is COc1c([C@@H]2C[C@](C)(C(F)(F)F)O[C@H]2c2nc3c(C(=N)N)nc(Nc4ccno4)cc3[nH]2)ccc(F)c1F. The van der Waals surface area contributed by atoms with E-state index in [9.17, 15) is 22.0 Å². The highest BCUT2D eigenvalue weighted by Crippen LogP contribution is 2.56. The normalized spacial score (nSPS) is 21.7. The van der Waals surface area contributed by atoms with Gasteiger partial charge in [0.1, 0.15) is 34.8 Å². The summed E-state index contributed by atoms with van der Waals surface area (Å²) in [5.41, 5.74) is 3.33. The summed E-state index contributed by atoms with van der Waals surface area (Å²) in [6.07, 6.45) is -5.42. The lowest BCUT2D eigenvalue weighted by Gasteiger charge is -2.27. The molecule has 1 aromatic carbocycles. The zero-order chi connectivity index (χ0) is 27.4. The molecule has 38 heavy (non-hydrogen) atoms. The molecule has 1 aliphatic heterocycles. The maximum absolute atomic E-state index is 14.5. The standard InChI is InChI=1S/C23H20F5N7O3/c1-22(23(26,27)28)8-10(9-3-4-11(24)15(25)18(9)36-2)19(37-22)21-32-12-7-13(33-14-5-6-31-38-14)34-17(20(29)30)16(12)35-21/h3-7,10,19H,8H2,1-2H3,(H3,29,30)(H,32,35)(H,33,34)/t10-,19+,22+/m0/s1. The molecule has 3 atom stereocenters. The molecule has 4 aromatic rings. The Morgan fingerprint density at radius 1 is 1.26 bits per heavy atom. The number of methoxy groups -OCH3 is 1. The second kappa shape index (κ2) is 8.93. The van der Waals surface area contributed by atoms with Crippen LogP contribution in [0.2, 0.25) is 0 Å². The maximum atomic E-state index is 14.5. The Morgan fingerprint density at radius 3 is 2.66 bits per heavy atom. The molecule has 0 radical (unpaired) electrons. The molecular weight excluding hydrogens is 517 g/mol. The van der Waals surface area contributed by atoms with E-state index in [1.807, 2.05) is 0 Å². The van der Waals surface area contributed by atoms with Crippen LogP contribution < -0.4 is 15.8 Å². The van der Waals surface area contributed by atoms with Crippen LogP contribution in [0, 0.1) is 17.0 Å². The fourth-order valence-corrected chi connectivity index (χ4v) is 4.51. The van der Waals surface area contributed by atoms with Gasteiger partial charge in [0, 0.05) is 23.6 Å². The highest BCUT2D eigenvalue weighted by atomic mass is 19.4. The monoisotopic (exact) mass is 537 g/mol. The lowest BCUT2D eigenvalue weighted by atomic mass is 9.86. The largest absolute Gasteiger partial charge is 0.493 e. The van der Waals surface area contributed by atoms with Crippen LogP contribution in [0.25, 0.3) is 11.0 Å². The van der Waals surface area contributed by atoms with Gasteiger partial charge in [-0.1, -0.05) is 11.2 Å². The van der Waals surface area contributed by atoms with E-state index >= 15 is 0 Å². The number of aromatic nitrogens is 4. The lowest BCUT2D eigenvalue weighted by Crippen LogP contribution is -2.41. The fraction of sp³-hybridized carbons (Fsp3) is 0.304. The van der Waals surface area contributed by atoms with E-state index in [-0.39, 0.29) is 39.8 Å². The number of nitrogen functional groups attached to an aromatic ring is 1. The molecule has 4 heterocycles. The first-order valence-electron chi connectivity index (χ1n) is 11.1. The number of hydrogen-bond donors (Lipinski definition) is 4. The number of hydrogen-bond acceptors (Lipinski definition) is 8. The molecule has 5 rings (SSSR count). The van der Waals surface area contributed by atoms with E-state index in [1.54, 1.807) is 0 Å². The molecular formula is C23H20F5N7O3. The molecule has 15 heteroatoms. The van der Waals surface area contributed by atoms with Crippen LogP contribution in [-0.4, -0.2) is 44.8 Å². The number of anilines is 2. The van der Waals surface area contributed by atoms with Gasteiger partial charge in [-0.15, -0.1) is 0 Å². The number of halogens is 5. The first-order valence-corrected chi connectivity index (χ1v) is 11.1. The molecule has 1 saturated heterocycles. The minimum absolute atomic E-state index is 0.0255. The van der Waals surface area contributed by atoms with Crippen LogP contribution in [-0.2, 0) is 4.74 Å². The number of H-pyrrole nitrogens is 1. The van der Waals surface area contributed by atoms with Crippen molar-refractivity contribution < 1.29 is 35.9 Å². The third kappa shape index (κ3) is 4.17. The molecule has 5 N–H and O–H groups in total. The van der Waals surface area contributed by atoms with Crippen molar-refractivity contribution >= 4 is 28.6 Å². The van der Waals surface area contributed by atoms with Gasteiger partial charge in [0.15, 0.2) is 17.2 Å². The van der Waals surface area contributed by atoms with Crippen LogP contribution in [0.4, 0.5) is 33.7 Å². The van der Waals surface area contributed by atoms with Gasteiger partial charge in [0.05, 0.1) is 18.8 Å². The van der Waals surface area contributed by atoms with E-state index < -0.39 is 53.4 Å². The maximum Gasteiger partial charge on any atom is 0.417 e. The molecule has 0 aliphatic carbocycles. The Hall–Kier alpha value is -4.27. The van der Waals surface area contributed by atoms with Crippen molar-refractivity contribution in [3.8, 4) is 5.75 Å². The number of alkyl halides is 3. The number of imidazole rings is 1. The Kier molecular flexibility index (Phi) is 5.97. The summed E-state index contributed by atoms with van der Waals surface area (Å²) in [5, 5.41) is 14.3. The van der Waals surface area contributed by atoms with E-state index in [0.29, 0.717) is 0 Å². The topological polar surface area (TPSA) is 148 Å². The summed E-state index contributed by atoms with van der Waals surface area (Å²) in [7, 11) is 1.09. The summed E-state index contributed by atoms with van der Waals surface area (Å²) in [4.78, 5) is 11.5. The van der Waals surface area contributed by atoms with Crippen LogP contribution in [0.15, 0.2) is 35.0 Å². The van der Waals surface area contributed by atoms with Crippen molar-refractivity contribution in [2.45, 2.75) is 37.1 Å². The highest BCUT2D eigenvalue weighted by Gasteiger charge is 2.61. The van der Waals surface area contributed by atoms with Gasteiger partial charge in [-0.05, 0) is 19.4 Å². The highest BCUT2D eigenvalue weighted by molar-refractivity contribution is 6.04. The van der Waals surface area contributed by atoms with Crippen molar-refractivity contribution in [1.29, 1.82) is 5.41 Å². The van der Waals surface area contributed by atoms with Gasteiger partial charge < -0.3 is 30.0 Å². The number of benzene rings is 1. The molecule has 0 unspecified atom stereocenters. The number of nitrogens with zero attached hydrogens (tertiary/aromatic N) is 3. The summed E-state index contributed by atoms with van der Waals surface area (Å²) in [6, 6.07) is 4.96. The van der Waals surface area contributed by atoms with Gasteiger partial charge >= 0.3 is 6.18 Å². The Morgan fingerprint density at radius 2 is 2.03 bits per heavy atom. The minimum Gasteiger partial charge on any atom is -0.493 e. The molecule has 10 nitrogen and oxygen atoms in total. The predicted octanol–water partition coefficient (Wildman–Crippen LogP) is 4.83. The van der Waals surface area contributed by atoms with Crippen molar-refractivity contribution in [1.82, 2.24) is 20.1 Å². The van der Waals surface area contributed by atoms with Gasteiger partial charge in [0.25, 0.3) is 0 Å². The van der Waals surface area contributed by atoms with E-state index in [1.165, 1.54) is 18.3 Å². The second-order valence-corrected chi connectivity index (χ2v) is 8.85. The van der Waals surface area contributed by atoms with Crippen molar-refractivity contribution in [3.63, 3.8) is 0 Å². The molecule has 1 aliphatic rings. The zero-order valence-corrected chi connectivity index (χ0v) is 19.8. The van der Waals surface area contributed by atoms with Crippen LogP contribution in [0.3, 0.4) is 0 Å². The average Bonchev–Trinajstić information content (AvgIpc) is 3.58. The van der Waals surface area contributed by atoms with Gasteiger partial charge in [-0.25, -0.2) is 14.4 Å². The van der Waals surface area contributed by atoms with E-state index in [0.717, 1.165) is 26.2 Å². The number of amidine groups is 1. The Balaban J connectivity index is 1.65. The minimum atomic E-state index is -4.79. The van der Waals surface area contributed by atoms with Crippen LogP contribution in [0.1, 0.15) is 42.4 Å². The van der Waals surface area contributed by atoms with Crippen molar-refractivity contribution in [2.24, 2.45) is 5.73 Å². The van der Waals surface area contributed by atoms with E-state index in [4.69, 9.17) is 25.1 Å². The molecule has 0 saturated carbocycles. The zero-order valence-electron chi connectivity index (χ0n) is 19.8. The number of aromatic amines is 1. The summed E-state index contributed by atoms with van der Waals surface area (Å²) in [6.45, 7) is 0.872. The molecule has 200 valence electrons. The molecule has 3 aromatic heterocycles. The summed E-state index contributed by atoms with van der Waals surface area (Å²) in [5.74, 6) is -4.33. The summed E-state index contributed by atoms with van der Waals surface area (Å²) < 4.78 is 86.2. The van der Waals surface area contributed by atoms with Crippen molar-refractivity contribution in [2.75, 3.05) is 12.4 Å². The third-order valence-electron chi connectivity index (χ3n) is 6.35. The number of ether oxygens (including phenoxy) is 2. The average molecular weight is 537 g/mol. The molecule has 1 fully saturated rings. The molecule has 0 bridgehead atoms. The van der Waals surface area contributed by atoms with Gasteiger partial charge in [-0.3, -0.25) is 5.41 Å². The number of fused-ring (bicyclic) bond motifs is 1. The quantitative estimate of drug-likeness (QED) is 0.155. The number of nitrogens with two attached hydrogens (primary N) is 1.